The van der Waals surface area contributed by atoms with E-state index in [9.17, 15) is 13.6 Å². The van der Waals surface area contributed by atoms with E-state index in [0.717, 1.165) is 31.2 Å². The van der Waals surface area contributed by atoms with Crippen LogP contribution in [0, 0.1) is 17.0 Å². The lowest BCUT2D eigenvalue weighted by Crippen LogP contribution is -2.22. The molecule has 1 nitrogen and oxygen atoms in total. The van der Waals surface area contributed by atoms with Gasteiger partial charge in [-0.1, -0.05) is 82.2 Å². The maximum Gasteiger partial charge on any atom is 0.168 e. The number of Topliss-reactive ketones (excluding diaryl/α,β-unsaturated/α-hetero) is 1. The molecule has 0 heterocycles. The summed E-state index contributed by atoms with van der Waals surface area (Å²) in [6, 6.07) is 10.8. The molecule has 194 valence electrons. The van der Waals surface area contributed by atoms with E-state index in [1.54, 1.807) is 5.57 Å². The standard InChI is InChI=1S/C33H42F2O/c1-3-5-7-8-10-31(36)32-29(34)22-27(23-30(32)35)24-11-13-25(14-12-24)28-17-21-33(18-9-6-4-2)19-15-26(28)16-20-33/h11-14,22-23H,3-10,15-21H2,1-2H3. The molecule has 0 aromatic heterocycles. The van der Waals surface area contributed by atoms with Crippen molar-refractivity contribution in [1.82, 2.24) is 0 Å². The van der Waals surface area contributed by atoms with Crippen LogP contribution in [0.5, 0.6) is 0 Å². The van der Waals surface area contributed by atoms with Gasteiger partial charge in [-0.25, -0.2) is 8.78 Å². The van der Waals surface area contributed by atoms with E-state index >= 15 is 0 Å². The van der Waals surface area contributed by atoms with Gasteiger partial charge in [-0.2, -0.15) is 0 Å². The third-order valence-corrected chi connectivity index (χ3v) is 8.70. The van der Waals surface area contributed by atoms with Crippen molar-refractivity contribution in [2.24, 2.45) is 5.41 Å². The second-order valence-corrected chi connectivity index (χ2v) is 11.2. The van der Waals surface area contributed by atoms with Crippen molar-refractivity contribution in [3.05, 3.63) is 64.7 Å². The van der Waals surface area contributed by atoms with Gasteiger partial charge in [0.05, 0.1) is 5.56 Å². The fraction of sp³-hybridized carbons (Fsp3) is 0.545. The van der Waals surface area contributed by atoms with Crippen LogP contribution in [0.25, 0.3) is 16.7 Å². The van der Waals surface area contributed by atoms with Crippen molar-refractivity contribution >= 4 is 11.4 Å². The number of hydrogen-bond donors (Lipinski definition) is 0. The molecule has 0 saturated heterocycles. The molecule has 0 spiro atoms. The van der Waals surface area contributed by atoms with Gasteiger partial charge in [0.15, 0.2) is 5.78 Å². The quantitative estimate of drug-likeness (QED) is 0.213. The average molecular weight is 493 g/mol. The number of ketones is 1. The van der Waals surface area contributed by atoms with Crippen LogP contribution in [-0.4, -0.2) is 5.78 Å². The lowest BCUT2D eigenvalue weighted by molar-refractivity contribution is 0.0971. The lowest BCUT2D eigenvalue weighted by Gasteiger charge is -2.36. The number of fused-ring (bicyclic) bond motifs is 4. The highest BCUT2D eigenvalue weighted by Gasteiger charge is 2.36. The molecular weight excluding hydrogens is 450 g/mol. The summed E-state index contributed by atoms with van der Waals surface area (Å²) in [5.41, 5.74) is 5.76. The van der Waals surface area contributed by atoms with Gasteiger partial charge in [0.2, 0.25) is 0 Å². The van der Waals surface area contributed by atoms with Crippen molar-refractivity contribution in [1.29, 1.82) is 0 Å². The summed E-state index contributed by atoms with van der Waals surface area (Å²) in [5, 5.41) is 0. The second-order valence-electron chi connectivity index (χ2n) is 11.2. The number of hydrogen-bond acceptors (Lipinski definition) is 1. The smallest absolute Gasteiger partial charge is 0.168 e. The van der Waals surface area contributed by atoms with Gasteiger partial charge in [0.25, 0.3) is 0 Å². The largest absolute Gasteiger partial charge is 0.294 e. The zero-order chi connectivity index (χ0) is 25.5. The predicted molar refractivity (Wildman–Crippen MR) is 146 cm³/mol. The molecule has 0 unspecified atom stereocenters. The van der Waals surface area contributed by atoms with Crippen molar-refractivity contribution < 1.29 is 13.6 Å². The first-order chi connectivity index (χ1) is 17.5. The Balaban J connectivity index is 1.46. The monoisotopic (exact) mass is 492 g/mol. The highest BCUT2D eigenvalue weighted by Crippen LogP contribution is 2.52. The van der Waals surface area contributed by atoms with E-state index in [0.29, 0.717) is 17.4 Å². The molecule has 2 aromatic rings. The van der Waals surface area contributed by atoms with Crippen LogP contribution in [0.3, 0.4) is 0 Å². The Morgan fingerprint density at radius 1 is 0.750 bits per heavy atom. The summed E-state index contributed by atoms with van der Waals surface area (Å²) in [6.07, 6.45) is 16.7. The Hall–Kier alpha value is -2.29. The fourth-order valence-corrected chi connectivity index (χ4v) is 6.38. The second kappa shape index (κ2) is 12.3. The molecule has 1 fully saturated rings. The minimum absolute atomic E-state index is 0.194. The molecule has 0 aliphatic heterocycles. The lowest BCUT2D eigenvalue weighted by atomic mass is 9.69. The number of carbonyl (C=O) groups is 1. The maximum absolute atomic E-state index is 14.8. The molecule has 0 N–H and O–H groups in total. The number of benzene rings is 2. The Morgan fingerprint density at radius 2 is 1.33 bits per heavy atom. The van der Waals surface area contributed by atoms with E-state index < -0.39 is 17.4 Å². The van der Waals surface area contributed by atoms with E-state index in [-0.39, 0.29) is 12.0 Å². The molecule has 3 aliphatic carbocycles. The van der Waals surface area contributed by atoms with Crippen molar-refractivity contribution in [3.8, 4) is 11.1 Å². The molecule has 3 heteroatoms. The van der Waals surface area contributed by atoms with E-state index in [1.165, 1.54) is 81.1 Å². The van der Waals surface area contributed by atoms with Crippen LogP contribution < -0.4 is 0 Å². The topological polar surface area (TPSA) is 17.1 Å². The molecular formula is C33H42F2O. The van der Waals surface area contributed by atoms with Crippen molar-refractivity contribution in [2.45, 2.75) is 110 Å². The SMILES string of the molecule is CCCCCCC(=O)c1c(F)cc(-c2ccc(C3=C4CCC(CCCCC)(CC4)CC3)cc2)cc1F. The summed E-state index contributed by atoms with van der Waals surface area (Å²) in [4.78, 5) is 12.4. The molecule has 3 aliphatic rings. The van der Waals surface area contributed by atoms with E-state index in [1.807, 2.05) is 12.1 Å². The molecule has 0 atom stereocenters. The van der Waals surface area contributed by atoms with E-state index in [2.05, 4.69) is 26.0 Å². The maximum atomic E-state index is 14.8. The van der Waals surface area contributed by atoms with Crippen LogP contribution in [0.4, 0.5) is 8.78 Å². The highest BCUT2D eigenvalue weighted by molar-refractivity contribution is 5.97. The zero-order valence-corrected chi connectivity index (χ0v) is 22.2. The first-order valence-corrected chi connectivity index (χ1v) is 14.3. The summed E-state index contributed by atoms with van der Waals surface area (Å²) in [5.74, 6) is -1.95. The molecule has 2 bridgehead atoms. The third kappa shape index (κ3) is 6.15. The van der Waals surface area contributed by atoms with Gasteiger partial charge in [-0.15, -0.1) is 0 Å². The van der Waals surface area contributed by atoms with Gasteiger partial charge < -0.3 is 0 Å². The number of allylic oxidation sites excluding steroid dienone is 2. The first-order valence-electron chi connectivity index (χ1n) is 14.3. The third-order valence-electron chi connectivity index (χ3n) is 8.70. The first kappa shape index (κ1) is 26.8. The molecule has 0 amide bonds. The summed E-state index contributed by atoms with van der Waals surface area (Å²) in [6.45, 7) is 4.37. The van der Waals surface area contributed by atoms with Crippen LogP contribution in [0.15, 0.2) is 42.0 Å². The van der Waals surface area contributed by atoms with Gasteiger partial charge in [-0.05, 0) is 91.2 Å². The molecule has 36 heavy (non-hydrogen) atoms. The molecule has 2 aromatic carbocycles. The number of carbonyl (C=O) groups excluding carboxylic acids is 1. The average Bonchev–Trinajstić information content (AvgIpc) is 3.17. The molecule has 0 radical (unpaired) electrons. The van der Waals surface area contributed by atoms with Gasteiger partial charge in [0, 0.05) is 6.42 Å². The van der Waals surface area contributed by atoms with Crippen molar-refractivity contribution in [3.63, 3.8) is 0 Å². The van der Waals surface area contributed by atoms with Crippen LogP contribution in [-0.2, 0) is 0 Å². The Labute approximate surface area is 216 Å². The minimum atomic E-state index is -0.756. The van der Waals surface area contributed by atoms with E-state index in [4.69, 9.17) is 0 Å². The Bertz CT molecular complexity index is 1050. The van der Waals surface area contributed by atoms with Crippen molar-refractivity contribution in [2.75, 3.05) is 0 Å². The van der Waals surface area contributed by atoms with Crippen LogP contribution in [0.1, 0.15) is 126 Å². The zero-order valence-electron chi connectivity index (χ0n) is 22.2. The Morgan fingerprint density at radius 3 is 1.97 bits per heavy atom. The number of rotatable bonds is 12. The fourth-order valence-electron chi connectivity index (χ4n) is 6.38. The predicted octanol–water partition coefficient (Wildman–Crippen LogP) is 10.5. The van der Waals surface area contributed by atoms with Gasteiger partial charge in [-0.3, -0.25) is 4.79 Å². The van der Waals surface area contributed by atoms with Gasteiger partial charge >= 0.3 is 0 Å². The van der Waals surface area contributed by atoms with Crippen LogP contribution >= 0.6 is 0 Å². The number of unbranched alkanes of at least 4 members (excludes halogenated alkanes) is 5. The summed E-state index contributed by atoms with van der Waals surface area (Å²) < 4.78 is 29.6. The normalized spacial score (nSPS) is 16.9. The van der Waals surface area contributed by atoms with Gasteiger partial charge in [0.1, 0.15) is 11.6 Å². The highest BCUT2D eigenvalue weighted by atomic mass is 19.1. The molecule has 5 rings (SSSR count). The minimum Gasteiger partial charge on any atom is -0.294 e. The Kier molecular flexibility index (Phi) is 9.14. The summed E-state index contributed by atoms with van der Waals surface area (Å²) >= 11 is 0. The van der Waals surface area contributed by atoms with Crippen LogP contribution in [0.2, 0.25) is 0 Å². The molecule has 1 saturated carbocycles. The number of halogens is 2. The summed E-state index contributed by atoms with van der Waals surface area (Å²) in [7, 11) is 0.